The van der Waals surface area contributed by atoms with Gasteiger partial charge in [-0.25, -0.2) is 0 Å². The van der Waals surface area contributed by atoms with Crippen molar-refractivity contribution in [3.05, 3.63) is 33.7 Å². The Kier molecular flexibility index (Phi) is 6.11. The van der Waals surface area contributed by atoms with E-state index in [9.17, 15) is 14.5 Å². The molecule has 20 heavy (non-hydrogen) atoms. The van der Waals surface area contributed by atoms with Crippen molar-refractivity contribution in [2.45, 2.75) is 19.8 Å². The van der Waals surface area contributed by atoms with Crippen LogP contribution < -0.4 is 0 Å². The van der Waals surface area contributed by atoms with Gasteiger partial charge < -0.3 is 9.47 Å². The maximum atomic E-state index is 11.9. The lowest BCUT2D eigenvalue weighted by atomic mass is 9.97. The molecule has 0 radical (unpaired) electrons. The van der Waals surface area contributed by atoms with Gasteiger partial charge in [0.05, 0.1) is 13.2 Å². The smallest absolute Gasteiger partial charge is 0.324 e. The van der Waals surface area contributed by atoms with E-state index in [1.54, 1.807) is 13.8 Å². The highest BCUT2D eigenvalue weighted by atomic mass is 35.5. The number of benzene rings is 1. The molecule has 0 spiro atoms. The number of rotatable bonds is 6. The van der Waals surface area contributed by atoms with Crippen molar-refractivity contribution in [1.82, 2.24) is 0 Å². The van der Waals surface area contributed by atoms with Gasteiger partial charge in [-0.05, 0) is 31.2 Å². The molecule has 0 aliphatic carbocycles. The van der Waals surface area contributed by atoms with Crippen LogP contribution in [0, 0.1) is 4.91 Å². The Morgan fingerprint density at radius 1 is 1.20 bits per heavy atom. The van der Waals surface area contributed by atoms with Crippen LogP contribution in [0.4, 0.5) is 5.69 Å². The largest absolute Gasteiger partial charge is 0.465 e. The van der Waals surface area contributed by atoms with Gasteiger partial charge in [-0.15, -0.1) is 4.91 Å². The fraction of sp³-hybridized carbons (Fsp3) is 0.385. The van der Waals surface area contributed by atoms with Crippen LogP contribution in [0.5, 0.6) is 0 Å². The summed E-state index contributed by atoms with van der Waals surface area (Å²) in [5.74, 6) is -2.93. The first kappa shape index (κ1) is 16.1. The second kappa shape index (κ2) is 7.59. The standard InChI is InChI=1S/C13H14ClNO5/c1-3-19-12(16)11(13(17)20-4-2)9-6-5-8(14)7-10(9)15-18/h5-7,11H,3-4H2,1-2H3. The number of carbonyl (C=O) groups is 2. The fourth-order valence-corrected chi connectivity index (χ4v) is 1.81. The monoisotopic (exact) mass is 299 g/mol. The number of ether oxygens (including phenoxy) is 2. The highest BCUT2D eigenvalue weighted by Crippen LogP contribution is 2.31. The average Bonchev–Trinajstić information content (AvgIpc) is 2.41. The van der Waals surface area contributed by atoms with Crippen molar-refractivity contribution in [3.63, 3.8) is 0 Å². The molecule has 0 saturated carbocycles. The summed E-state index contributed by atoms with van der Waals surface area (Å²) in [5.41, 5.74) is 0.0184. The summed E-state index contributed by atoms with van der Waals surface area (Å²) in [7, 11) is 0. The molecule has 7 heteroatoms. The van der Waals surface area contributed by atoms with Gasteiger partial charge >= 0.3 is 11.9 Å². The van der Waals surface area contributed by atoms with Crippen molar-refractivity contribution in [2.75, 3.05) is 13.2 Å². The summed E-state index contributed by atoms with van der Waals surface area (Å²) in [6, 6.07) is 4.12. The molecule has 0 saturated heterocycles. The van der Waals surface area contributed by atoms with Gasteiger partial charge in [-0.2, -0.15) is 0 Å². The van der Waals surface area contributed by atoms with Crippen LogP contribution >= 0.6 is 11.6 Å². The molecular formula is C13H14ClNO5. The van der Waals surface area contributed by atoms with E-state index in [0.29, 0.717) is 0 Å². The zero-order valence-electron chi connectivity index (χ0n) is 11.1. The van der Waals surface area contributed by atoms with E-state index in [1.165, 1.54) is 18.2 Å². The highest BCUT2D eigenvalue weighted by molar-refractivity contribution is 6.30. The molecule has 0 aliphatic rings. The van der Waals surface area contributed by atoms with Crippen LogP contribution in [-0.2, 0) is 19.1 Å². The molecule has 1 rings (SSSR count). The van der Waals surface area contributed by atoms with Gasteiger partial charge in [0, 0.05) is 10.6 Å². The van der Waals surface area contributed by atoms with Crippen LogP contribution in [0.25, 0.3) is 0 Å². The molecular weight excluding hydrogens is 286 g/mol. The molecule has 0 amide bonds. The Balaban J connectivity index is 3.25. The van der Waals surface area contributed by atoms with Crippen molar-refractivity contribution in [2.24, 2.45) is 5.18 Å². The lowest BCUT2D eigenvalue weighted by Gasteiger charge is -2.15. The molecule has 6 nitrogen and oxygen atoms in total. The Labute approximate surface area is 121 Å². The van der Waals surface area contributed by atoms with Gasteiger partial charge in [-0.1, -0.05) is 17.7 Å². The third-order valence-electron chi connectivity index (χ3n) is 2.45. The van der Waals surface area contributed by atoms with Gasteiger partial charge in [0.2, 0.25) is 0 Å². The Hall–Kier alpha value is -1.95. The molecule has 0 fully saturated rings. The van der Waals surface area contributed by atoms with E-state index >= 15 is 0 Å². The van der Waals surface area contributed by atoms with Crippen molar-refractivity contribution >= 4 is 29.2 Å². The number of esters is 2. The Bertz CT molecular complexity index is 499. The first-order chi connectivity index (χ1) is 9.54. The van der Waals surface area contributed by atoms with E-state index in [-0.39, 0.29) is 29.5 Å². The fourth-order valence-electron chi connectivity index (χ4n) is 1.64. The Morgan fingerprint density at radius 2 is 1.75 bits per heavy atom. The Morgan fingerprint density at radius 3 is 2.20 bits per heavy atom. The highest BCUT2D eigenvalue weighted by Gasteiger charge is 2.33. The van der Waals surface area contributed by atoms with Gasteiger partial charge in [-0.3, -0.25) is 9.59 Å². The van der Waals surface area contributed by atoms with Gasteiger partial charge in [0.1, 0.15) is 5.69 Å². The quantitative estimate of drug-likeness (QED) is 0.458. The van der Waals surface area contributed by atoms with Gasteiger partial charge in [0.15, 0.2) is 5.92 Å². The predicted octanol–water partition coefficient (Wildman–Crippen LogP) is 2.95. The van der Waals surface area contributed by atoms with Crippen LogP contribution in [0.1, 0.15) is 25.3 Å². The summed E-state index contributed by atoms with van der Waals surface area (Å²) in [6.45, 7) is 3.43. The summed E-state index contributed by atoms with van der Waals surface area (Å²) < 4.78 is 9.68. The SMILES string of the molecule is CCOC(=O)C(C(=O)OCC)c1ccc(Cl)cc1N=O. The van der Waals surface area contributed by atoms with Crippen molar-refractivity contribution in [3.8, 4) is 0 Å². The molecule has 0 N–H and O–H groups in total. The number of halogens is 1. The normalized spacial score (nSPS) is 10.2. The number of carbonyl (C=O) groups excluding carboxylic acids is 2. The molecule has 0 heterocycles. The lowest BCUT2D eigenvalue weighted by molar-refractivity contribution is -0.156. The number of nitrogens with zero attached hydrogens (tertiary/aromatic N) is 1. The van der Waals surface area contributed by atoms with E-state index in [1.807, 2.05) is 0 Å². The first-order valence-corrected chi connectivity index (χ1v) is 6.39. The minimum Gasteiger partial charge on any atom is -0.465 e. The van der Waals surface area contributed by atoms with Crippen molar-refractivity contribution < 1.29 is 19.1 Å². The molecule has 0 aliphatic heterocycles. The second-order valence-corrected chi connectivity index (χ2v) is 4.17. The molecule has 0 bridgehead atoms. The maximum Gasteiger partial charge on any atom is 0.324 e. The molecule has 1 aromatic carbocycles. The van der Waals surface area contributed by atoms with E-state index in [0.717, 1.165) is 0 Å². The molecule has 0 unspecified atom stereocenters. The van der Waals surface area contributed by atoms with E-state index in [4.69, 9.17) is 21.1 Å². The van der Waals surface area contributed by atoms with Crippen LogP contribution in [0.3, 0.4) is 0 Å². The van der Waals surface area contributed by atoms with E-state index < -0.39 is 17.9 Å². The summed E-state index contributed by atoms with van der Waals surface area (Å²) in [5, 5.41) is 3.06. The van der Waals surface area contributed by atoms with E-state index in [2.05, 4.69) is 5.18 Å². The van der Waals surface area contributed by atoms with Crippen LogP contribution in [0.15, 0.2) is 23.4 Å². The maximum absolute atomic E-state index is 11.9. The lowest BCUT2D eigenvalue weighted by Crippen LogP contribution is -2.26. The number of hydrogen-bond acceptors (Lipinski definition) is 6. The summed E-state index contributed by atoms with van der Waals surface area (Å²) >= 11 is 5.75. The summed E-state index contributed by atoms with van der Waals surface area (Å²) in [6.07, 6.45) is 0. The average molecular weight is 300 g/mol. The molecule has 0 aromatic heterocycles. The molecule has 1 aromatic rings. The molecule has 108 valence electrons. The first-order valence-electron chi connectivity index (χ1n) is 6.01. The number of hydrogen-bond donors (Lipinski definition) is 0. The third-order valence-corrected chi connectivity index (χ3v) is 2.68. The topological polar surface area (TPSA) is 82.0 Å². The summed E-state index contributed by atoms with van der Waals surface area (Å²) in [4.78, 5) is 34.7. The second-order valence-electron chi connectivity index (χ2n) is 3.73. The predicted molar refractivity (Wildman–Crippen MR) is 72.9 cm³/mol. The zero-order chi connectivity index (χ0) is 15.1. The number of nitroso groups, excluding NO2 is 1. The van der Waals surface area contributed by atoms with Crippen molar-refractivity contribution in [1.29, 1.82) is 0 Å². The van der Waals surface area contributed by atoms with Crippen LogP contribution in [-0.4, -0.2) is 25.2 Å². The zero-order valence-corrected chi connectivity index (χ0v) is 11.8. The minimum atomic E-state index is -1.35. The minimum absolute atomic E-state index is 0.0939. The third kappa shape index (κ3) is 3.77. The van der Waals surface area contributed by atoms with Gasteiger partial charge in [0.25, 0.3) is 0 Å². The molecule has 0 atom stereocenters. The van der Waals surface area contributed by atoms with Crippen LogP contribution in [0.2, 0.25) is 5.02 Å².